The van der Waals surface area contributed by atoms with E-state index in [1.54, 1.807) is 12.1 Å². The SMILES string of the molecule is CC(C)(CCO)CNC(=O)c1ccc(N2CCCC2)c([N+](=O)[O-])c1. The van der Waals surface area contributed by atoms with Gasteiger partial charge in [-0.25, -0.2) is 0 Å². The standard InChI is InChI=1S/C17H25N3O4/c1-17(2,7-10-21)12-18-16(22)13-5-6-14(15(11-13)20(23)24)19-8-3-4-9-19/h5-6,11,21H,3-4,7-10,12H2,1-2H3,(H,18,22). The van der Waals surface area contributed by atoms with Gasteiger partial charge in [0.15, 0.2) is 0 Å². The molecule has 2 N–H and O–H groups in total. The maximum absolute atomic E-state index is 12.3. The van der Waals surface area contributed by atoms with Crippen LogP contribution in [-0.2, 0) is 0 Å². The van der Waals surface area contributed by atoms with Crippen molar-refractivity contribution in [2.24, 2.45) is 5.41 Å². The van der Waals surface area contributed by atoms with E-state index in [-0.39, 0.29) is 29.2 Å². The molecule has 7 heteroatoms. The Kier molecular flexibility index (Phi) is 5.77. The van der Waals surface area contributed by atoms with Crippen molar-refractivity contribution in [1.82, 2.24) is 5.32 Å². The molecule has 1 fully saturated rings. The first-order valence-corrected chi connectivity index (χ1v) is 8.26. The molecule has 1 aromatic rings. The van der Waals surface area contributed by atoms with Gasteiger partial charge in [-0.3, -0.25) is 14.9 Å². The Morgan fingerprint density at radius 2 is 2.04 bits per heavy atom. The number of amides is 1. The minimum absolute atomic E-state index is 0.0285. The Bertz CT molecular complexity index is 610. The fourth-order valence-electron chi connectivity index (χ4n) is 2.85. The number of hydrogen-bond acceptors (Lipinski definition) is 5. The highest BCUT2D eigenvalue weighted by Crippen LogP contribution is 2.31. The molecule has 0 aliphatic carbocycles. The second-order valence-corrected chi connectivity index (χ2v) is 6.98. The summed E-state index contributed by atoms with van der Waals surface area (Å²) in [4.78, 5) is 25.2. The lowest BCUT2D eigenvalue weighted by atomic mass is 9.89. The van der Waals surface area contributed by atoms with Crippen LogP contribution in [0.4, 0.5) is 11.4 Å². The molecular formula is C17H25N3O4. The van der Waals surface area contributed by atoms with Crippen LogP contribution in [0.3, 0.4) is 0 Å². The molecule has 7 nitrogen and oxygen atoms in total. The molecule has 2 rings (SSSR count). The van der Waals surface area contributed by atoms with Gasteiger partial charge in [0.25, 0.3) is 11.6 Å². The predicted octanol–water partition coefficient (Wildman–Crippen LogP) is 2.33. The van der Waals surface area contributed by atoms with Crippen LogP contribution < -0.4 is 10.2 Å². The van der Waals surface area contributed by atoms with Crippen molar-refractivity contribution in [3.8, 4) is 0 Å². The van der Waals surface area contributed by atoms with Crippen molar-refractivity contribution in [2.45, 2.75) is 33.1 Å². The summed E-state index contributed by atoms with van der Waals surface area (Å²) >= 11 is 0. The average Bonchev–Trinajstić information content (AvgIpc) is 3.06. The smallest absolute Gasteiger partial charge is 0.293 e. The number of hydrogen-bond donors (Lipinski definition) is 2. The van der Waals surface area contributed by atoms with E-state index in [0.717, 1.165) is 25.9 Å². The minimum Gasteiger partial charge on any atom is -0.396 e. The maximum Gasteiger partial charge on any atom is 0.293 e. The Balaban J connectivity index is 2.14. The summed E-state index contributed by atoms with van der Waals surface area (Å²) in [7, 11) is 0. The molecule has 24 heavy (non-hydrogen) atoms. The number of aliphatic hydroxyl groups is 1. The van der Waals surface area contributed by atoms with Crippen molar-refractivity contribution in [3.63, 3.8) is 0 Å². The van der Waals surface area contributed by atoms with Gasteiger partial charge in [-0.1, -0.05) is 13.8 Å². The van der Waals surface area contributed by atoms with Crippen LogP contribution in [-0.4, -0.2) is 42.2 Å². The quantitative estimate of drug-likeness (QED) is 0.589. The van der Waals surface area contributed by atoms with E-state index < -0.39 is 4.92 Å². The molecule has 0 spiro atoms. The van der Waals surface area contributed by atoms with E-state index in [9.17, 15) is 14.9 Å². The first-order chi connectivity index (χ1) is 11.3. The van der Waals surface area contributed by atoms with Crippen LogP contribution >= 0.6 is 0 Å². The number of nitrogens with one attached hydrogen (secondary N) is 1. The van der Waals surface area contributed by atoms with Gasteiger partial charge in [0.2, 0.25) is 0 Å². The van der Waals surface area contributed by atoms with Gasteiger partial charge in [0, 0.05) is 37.9 Å². The zero-order chi connectivity index (χ0) is 17.7. The summed E-state index contributed by atoms with van der Waals surface area (Å²) < 4.78 is 0. The number of rotatable bonds is 7. The van der Waals surface area contributed by atoms with Gasteiger partial charge in [-0.05, 0) is 36.8 Å². The Hall–Kier alpha value is -2.15. The largest absolute Gasteiger partial charge is 0.396 e. The van der Waals surface area contributed by atoms with Crippen molar-refractivity contribution < 1.29 is 14.8 Å². The van der Waals surface area contributed by atoms with Gasteiger partial charge < -0.3 is 15.3 Å². The number of carbonyl (C=O) groups excluding carboxylic acids is 1. The van der Waals surface area contributed by atoms with Crippen LogP contribution in [0.1, 0.15) is 43.5 Å². The molecule has 1 aromatic carbocycles. The lowest BCUT2D eigenvalue weighted by Gasteiger charge is -2.24. The molecule has 132 valence electrons. The molecule has 1 saturated heterocycles. The molecule has 1 aliphatic rings. The van der Waals surface area contributed by atoms with Gasteiger partial charge in [-0.2, -0.15) is 0 Å². The number of nitro groups is 1. The third-order valence-corrected chi connectivity index (χ3v) is 4.40. The van der Waals surface area contributed by atoms with Crippen molar-refractivity contribution in [1.29, 1.82) is 0 Å². The normalized spacial score (nSPS) is 14.7. The van der Waals surface area contributed by atoms with E-state index in [1.165, 1.54) is 6.07 Å². The van der Waals surface area contributed by atoms with Crippen molar-refractivity contribution in [3.05, 3.63) is 33.9 Å². The number of benzene rings is 1. The highest BCUT2D eigenvalue weighted by molar-refractivity contribution is 5.95. The monoisotopic (exact) mass is 335 g/mol. The van der Waals surface area contributed by atoms with E-state index in [1.807, 2.05) is 18.7 Å². The minimum atomic E-state index is -0.430. The Labute approximate surface area is 141 Å². The molecule has 0 bridgehead atoms. The van der Waals surface area contributed by atoms with Gasteiger partial charge in [0.1, 0.15) is 5.69 Å². The first-order valence-electron chi connectivity index (χ1n) is 8.26. The third-order valence-electron chi connectivity index (χ3n) is 4.40. The van der Waals surface area contributed by atoms with Crippen LogP contribution in [0.15, 0.2) is 18.2 Å². The van der Waals surface area contributed by atoms with Crippen LogP contribution in [0, 0.1) is 15.5 Å². The summed E-state index contributed by atoms with van der Waals surface area (Å²) in [5.74, 6) is -0.336. The maximum atomic E-state index is 12.3. The van der Waals surface area contributed by atoms with E-state index in [2.05, 4.69) is 5.32 Å². The Morgan fingerprint density at radius 3 is 2.62 bits per heavy atom. The number of nitro benzene ring substituents is 1. The zero-order valence-corrected chi connectivity index (χ0v) is 14.2. The molecule has 0 aromatic heterocycles. The summed E-state index contributed by atoms with van der Waals surface area (Å²) in [6, 6.07) is 4.65. The lowest BCUT2D eigenvalue weighted by Crippen LogP contribution is -2.34. The number of carbonyl (C=O) groups is 1. The predicted molar refractivity (Wildman–Crippen MR) is 92.4 cm³/mol. The topological polar surface area (TPSA) is 95.7 Å². The lowest BCUT2D eigenvalue weighted by molar-refractivity contribution is -0.384. The molecule has 0 unspecified atom stereocenters. The fourth-order valence-corrected chi connectivity index (χ4v) is 2.85. The van der Waals surface area contributed by atoms with Crippen molar-refractivity contribution in [2.75, 3.05) is 31.1 Å². The summed E-state index contributed by atoms with van der Waals surface area (Å²) in [6.07, 6.45) is 2.62. The molecule has 1 amide bonds. The molecule has 1 heterocycles. The van der Waals surface area contributed by atoms with Crippen LogP contribution in [0.2, 0.25) is 0 Å². The Morgan fingerprint density at radius 1 is 1.38 bits per heavy atom. The van der Waals surface area contributed by atoms with Gasteiger partial charge in [0.05, 0.1) is 4.92 Å². The van der Waals surface area contributed by atoms with E-state index >= 15 is 0 Å². The van der Waals surface area contributed by atoms with Crippen LogP contribution in [0.25, 0.3) is 0 Å². The number of aliphatic hydroxyl groups excluding tert-OH is 1. The second-order valence-electron chi connectivity index (χ2n) is 6.98. The average molecular weight is 335 g/mol. The molecule has 1 aliphatic heterocycles. The fraction of sp³-hybridized carbons (Fsp3) is 0.588. The first kappa shape index (κ1) is 18.2. The highest BCUT2D eigenvalue weighted by Gasteiger charge is 2.24. The van der Waals surface area contributed by atoms with Crippen LogP contribution in [0.5, 0.6) is 0 Å². The molecule has 0 radical (unpaired) electrons. The molecular weight excluding hydrogens is 310 g/mol. The zero-order valence-electron chi connectivity index (χ0n) is 14.2. The van der Waals surface area contributed by atoms with E-state index in [4.69, 9.17) is 5.11 Å². The summed E-state index contributed by atoms with van der Waals surface area (Å²) in [5.41, 5.74) is 0.601. The number of anilines is 1. The van der Waals surface area contributed by atoms with Gasteiger partial charge in [-0.15, -0.1) is 0 Å². The van der Waals surface area contributed by atoms with Crippen molar-refractivity contribution >= 4 is 17.3 Å². The van der Waals surface area contributed by atoms with Gasteiger partial charge >= 0.3 is 0 Å². The molecule has 0 atom stereocenters. The summed E-state index contributed by atoms with van der Waals surface area (Å²) in [6.45, 7) is 5.96. The summed E-state index contributed by atoms with van der Waals surface area (Å²) in [5, 5.41) is 23.2. The second kappa shape index (κ2) is 7.61. The number of nitrogens with zero attached hydrogens (tertiary/aromatic N) is 2. The molecule has 0 saturated carbocycles. The van der Waals surface area contributed by atoms with E-state index in [0.29, 0.717) is 18.7 Å². The highest BCUT2D eigenvalue weighted by atomic mass is 16.6. The third kappa shape index (κ3) is 4.44.